The molecule has 0 fully saturated rings. The number of aromatic amines is 1. The predicted molar refractivity (Wildman–Crippen MR) is 82.4 cm³/mol. The van der Waals surface area contributed by atoms with Crippen LogP contribution in [0.4, 0.5) is 0 Å². The van der Waals surface area contributed by atoms with Crippen molar-refractivity contribution in [1.82, 2.24) is 15.0 Å². The Hall–Kier alpha value is -1.98. The van der Waals surface area contributed by atoms with Gasteiger partial charge < -0.3 is 14.5 Å². The number of nitrogens with zero attached hydrogens (tertiary/aromatic N) is 2. The van der Waals surface area contributed by atoms with Crippen molar-refractivity contribution in [2.45, 2.75) is 0 Å². The molecule has 0 aliphatic rings. The van der Waals surface area contributed by atoms with Crippen LogP contribution in [0.3, 0.4) is 0 Å². The summed E-state index contributed by atoms with van der Waals surface area (Å²) in [5.41, 5.74) is 2.07. The van der Waals surface area contributed by atoms with Crippen molar-refractivity contribution in [2.75, 3.05) is 14.2 Å². The van der Waals surface area contributed by atoms with E-state index in [1.165, 1.54) is 0 Å². The van der Waals surface area contributed by atoms with Gasteiger partial charge in [-0.2, -0.15) is 0 Å². The van der Waals surface area contributed by atoms with E-state index in [1.54, 1.807) is 20.3 Å². The number of fused-ring (bicyclic) bond motifs is 1. The second-order valence-corrected chi connectivity index (χ2v) is 5.05. The monoisotopic (exact) mass is 323 g/mol. The predicted octanol–water partition coefficient (Wildman–Crippen LogP) is 3.95. The van der Waals surface area contributed by atoms with Crippen LogP contribution < -0.4 is 9.47 Å². The molecule has 0 aliphatic carbocycles. The van der Waals surface area contributed by atoms with Gasteiger partial charge in [-0.1, -0.05) is 23.2 Å². The Kier molecular flexibility index (Phi) is 3.61. The summed E-state index contributed by atoms with van der Waals surface area (Å²) in [7, 11) is 3.17. The normalized spacial score (nSPS) is 10.9. The van der Waals surface area contributed by atoms with E-state index in [1.807, 2.05) is 18.2 Å². The van der Waals surface area contributed by atoms with Crippen molar-refractivity contribution < 1.29 is 9.47 Å². The van der Waals surface area contributed by atoms with Gasteiger partial charge in [0, 0.05) is 5.56 Å². The molecule has 0 saturated heterocycles. The molecule has 0 amide bonds. The Morgan fingerprint density at radius 2 is 1.76 bits per heavy atom. The third kappa shape index (κ3) is 2.50. The van der Waals surface area contributed by atoms with Gasteiger partial charge in [0.1, 0.15) is 11.0 Å². The fourth-order valence-electron chi connectivity index (χ4n) is 2.02. The highest BCUT2D eigenvalue weighted by Gasteiger charge is 2.12. The molecule has 1 aromatic carbocycles. The van der Waals surface area contributed by atoms with E-state index in [0.717, 1.165) is 5.56 Å². The van der Waals surface area contributed by atoms with Gasteiger partial charge in [-0.3, -0.25) is 0 Å². The minimum absolute atomic E-state index is 0.231. The van der Waals surface area contributed by atoms with E-state index in [4.69, 9.17) is 32.7 Å². The number of hydrogen-bond acceptors (Lipinski definition) is 4. The van der Waals surface area contributed by atoms with Gasteiger partial charge in [-0.05, 0) is 24.3 Å². The van der Waals surface area contributed by atoms with E-state index in [9.17, 15) is 0 Å². The van der Waals surface area contributed by atoms with Crippen molar-refractivity contribution in [1.29, 1.82) is 0 Å². The van der Waals surface area contributed by atoms with Crippen LogP contribution in [0.1, 0.15) is 0 Å². The Bertz CT molecular complexity index is 778. The number of pyridine rings is 1. The van der Waals surface area contributed by atoms with Gasteiger partial charge in [0.2, 0.25) is 0 Å². The summed E-state index contributed by atoms with van der Waals surface area (Å²) >= 11 is 11.8. The quantitative estimate of drug-likeness (QED) is 0.741. The summed E-state index contributed by atoms with van der Waals surface area (Å²) in [5, 5.41) is 0.612. The lowest BCUT2D eigenvalue weighted by molar-refractivity contribution is 0.355. The summed E-state index contributed by atoms with van der Waals surface area (Å²) in [4.78, 5) is 11.7. The van der Waals surface area contributed by atoms with E-state index in [2.05, 4.69) is 15.0 Å². The highest BCUT2D eigenvalue weighted by molar-refractivity contribution is 6.41. The molecule has 0 bridgehead atoms. The standard InChI is InChI=1S/C14H11Cl2N3O2/c1-20-10-4-3-7(5-11(10)21-2)13-17-9-6-8(15)12(16)18-14(9)19-13/h3-6H,1-2H3,(H,17,18,19). The average molecular weight is 324 g/mol. The lowest BCUT2D eigenvalue weighted by atomic mass is 10.2. The number of nitrogens with one attached hydrogen (secondary N) is 1. The van der Waals surface area contributed by atoms with Crippen LogP contribution in [0.15, 0.2) is 24.3 Å². The molecule has 2 heterocycles. The summed E-state index contributed by atoms with van der Waals surface area (Å²) in [6.07, 6.45) is 0. The maximum absolute atomic E-state index is 5.95. The second kappa shape index (κ2) is 5.42. The Labute approximate surface area is 130 Å². The van der Waals surface area contributed by atoms with E-state index >= 15 is 0 Å². The molecule has 5 nitrogen and oxygen atoms in total. The number of rotatable bonds is 3. The Morgan fingerprint density at radius 3 is 2.48 bits per heavy atom. The minimum Gasteiger partial charge on any atom is -0.493 e. The van der Waals surface area contributed by atoms with Crippen LogP contribution >= 0.6 is 23.2 Å². The molecule has 2 aromatic heterocycles. The van der Waals surface area contributed by atoms with Crippen LogP contribution in [0.25, 0.3) is 22.6 Å². The highest BCUT2D eigenvalue weighted by atomic mass is 35.5. The number of benzene rings is 1. The summed E-state index contributed by atoms with van der Waals surface area (Å²) < 4.78 is 10.5. The SMILES string of the molecule is COc1ccc(-c2nc3nc(Cl)c(Cl)cc3[nH]2)cc1OC. The number of H-pyrrole nitrogens is 1. The fourth-order valence-corrected chi connectivity index (χ4v) is 2.30. The number of imidazole rings is 1. The number of methoxy groups -OCH3 is 2. The van der Waals surface area contributed by atoms with Gasteiger partial charge in [0.15, 0.2) is 17.1 Å². The molecule has 0 atom stereocenters. The zero-order chi connectivity index (χ0) is 15.0. The molecular weight excluding hydrogens is 313 g/mol. The van der Waals surface area contributed by atoms with E-state index in [0.29, 0.717) is 33.5 Å². The number of ether oxygens (including phenoxy) is 2. The topological polar surface area (TPSA) is 60.0 Å². The molecular formula is C14H11Cl2N3O2. The largest absolute Gasteiger partial charge is 0.493 e. The molecule has 0 aliphatic heterocycles. The van der Waals surface area contributed by atoms with E-state index < -0.39 is 0 Å². The van der Waals surface area contributed by atoms with Crippen molar-refractivity contribution >= 4 is 34.4 Å². The first-order chi connectivity index (χ1) is 10.1. The first-order valence-electron chi connectivity index (χ1n) is 6.06. The zero-order valence-electron chi connectivity index (χ0n) is 11.3. The second-order valence-electron chi connectivity index (χ2n) is 4.29. The molecule has 1 N–H and O–H groups in total. The molecule has 108 valence electrons. The van der Waals surface area contributed by atoms with Gasteiger partial charge in [-0.15, -0.1) is 0 Å². The van der Waals surface area contributed by atoms with Crippen molar-refractivity contribution in [3.05, 3.63) is 34.4 Å². The van der Waals surface area contributed by atoms with Crippen LogP contribution in [0, 0.1) is 0 Å². The molecule has 0 saturated carbocycles. The smallest absolute Gasteiger partial charge is 0.179 e. The van der Waals surface area contributed by atoms with Crippen molar-refractivity contribution in [2.24, 2.45) is 0 Å². The lowest BCUT2D eigenvalue weighted by Gasteiger charge is -2.08. The van der Waals surface area contributed by atoms with Crippen molar-refractivity contribution in [3.63, 3.8) is 0 Å². The fraction of sp³-hybridized carbons (Fsp3) is 0.143. The molecule has 3 rings (SSSR count). The number of hydrogen-bond donors (Lipinski definition) is 1. The summed E-state index contributed by atoms with van der Waals surface area (Å²) in [6.45, 7) is 0. The molecule has 0 spiro atoms. The maximum Gasteiger partial charge on any atom is 0.179 e. The van der Waals surface area contributed by atoms with Gasteiger partial charge >= 0.3 is 0 Å². The third-order valence-corrected chi connectivity index (χ3v) is 3.71. The van der Waals surface area contributed by atoms with Crippen LogP contribution in [0.5, 0.6) is 11.5 Å². The first-order valence-corrected chi connectivity index (χ1v) is 6.82. The molecule has 3 aromatic rings. The molecule has 0 unspecified atom stereocenters. The van der Waals surface area contributed by atoms with Crippen LogP contribution in [0.2, 0.25) is 10.2 Å². The van der Waals surface area contributed by atoms with E-state index in [-0.39, 0.29) is 5.15 Å². The molecule has 0 radical (unpaired) electrons. The Morgan fingerprint density at radius 1 is 1.00 bits per heavy atom. The Balaban J connectivity index is 2.12. The lowest BCUT2D eigenvalue weighted by Crippen LogP contribution is -1.91. The van der Waals surface area contributed by atoms with Crippen molar-refractivity contribution in [3.8, 4) is 22.9 Å². The maximum atomic E-state index is 5.95. The summed E-state index contributed by atoms with van der Waals surface area (Å²) in [6, 6.07) is 7.22. The van der Waals surface area contributed by atoms with Crippen LogP contribution in [-0.4, -0.2) is 29.2 Å². The van der Waals surface area contributed by atoms with Gasteiger partial charge in [-0.25, -0.2) is 9.97 Å². The van der Waals surface area contributed by atoms with Crippen LogP contribution in [-0.2, 0) is 0 Å². The average Bonchev–Trinajstić information content (AvgIpc) is 2.89. The number of aromatic nitrogens is 3. The zero-order valence-corrected chi connectivity index (χ0v) is 12.8. The summed E-state index contributed by atoms with van der Waals surface area (Å²) in [5.74, 6) is 1.93. The van der Waals surface area contributed by atoms with Gasteiger partial charge in [0.25, 0.3) is 0 Å². The highest BCUT2D eigenvalue weighted by Crippen LogP contribution is 2.32. The van der Waals surface area contributed by atoms with Gasteiger partial charge in [0.05, 0.1) is 24.8 Å². The number of halogens is 2. The first kappa shape index (κ1) is 14.0. The third-order valence-electron chi connectivity index (χ3n) is 3.04. The molecule has 7 heteroatoms. The minimum atomic E-state index is 0.231. The molecule has 21 heavy (non-hydrogen) atoms.